The van der Waals surface area contributed by atoms with E-state index >= 15 is 0 Å². The van der Waals surface area contributed by atoms with Crippen LogP contribution in [-0.2, 0) is 10.2 Å². The monoisotopic (exact) mass is 266 g/mol. The average molecular weight is 267 g/mol. The lowest BCUT2D eigenvalue weighted by molar-refractivity contribution is -0.125. The van der Waals surface area contributed by atoms with E-state index in [9.17, 15) is 4.79 Å². The second kappa shape index (κ2) is 4.56. The van der Waals surface area contributed by atoms with Gasteiger partial charge in [0.1, 0.15) is 0 Å². The number of carbonyl (C=O) groups excluding carboxylic acids is 1. The topological polar surface area (TPSA) is 55.1 Å². The van der Waals surface area contributed by atoms with Crippen molar-refractivity contribution in [1.29, 1.82) is 0 Å². The lowest BCUT2D eigenvalue weighted by Gasteiger charge is -2.22. The van der Waals surface area contributed by atoms with Gasteiger partial charge in [0.05, 0.1) is 5.54 Å². The molecule has 1 aliphatic rings. The largest absolute Gasteiger partial charge is 0.354 e. The smallest absolute Gasteiger partial charge is 0.239 e. The Labute approximate surface area is 113 Å². The van der Waals surface area contributed by atoms with E-state index in [1.807, 2.05) is 24.3 Å². The molecule has 1 aromatic carbocycles. The van der Waals surface area contributed by atoms with Crippen LogP contribution >= 0.6 is 11.6 Å². The molecule has 0 aliphatic heterocycles. The normalized spacial score (nSPS) is 17.3. The number of amides is 1. The Morgan fingerprint density at radius 1 is 1.39 bits per heavy atom. The van der Waals surface area contributed by atoms with Crippen LogP contribution < -0.4 is 11.1 Å². The molecule has 0 atom stereocenters. The molecule has 0 saturated heterocycles. The first-order chi connectivity index (χ1) is 8.33. The van der Waals surface area contributed by atoms with Crippen molar-refractivity contribution in [1.82, 2.24) is 5.32 Å². The van der Waals surface area contributed by atoms with Gasteiger partial charge in [-0.3, -0.25) is 4.79 Å². The van der Waals surface area contributed by atoms with Gasteiger partial charge in [0.25, 0.3) is 0 Å². The molecule has 0 radical (unpaired) electrons. The van der Waals surface area contributed by atoms with Gasteiger partial charge in [0.2, 0.25) is 5.91 Å². The highest BCUT2D eigenvalue weighted by molar-refractivity contribution is 6.30. The highest BCUT2D eigenvalue weighted by Crippen LogP contribution is 2.47. The SMILES string of the molecule is CC(C)(N)C(=O)NCC1(c2ccc(Cl)cc2)CC1. The molecule has 1 aliphatic carbocycles. The number of carbonyl (C=O) groups is 1. The van der Waals surface area contributed by atoms with Crippen molar-refractivity contribution in [2.45, 2.75) is 37.6 Å². The summed E-state index contributed by atoms with van der Waals surface area (Å²) in [5, 5.41) is 3.68. The van der Waals surface area contributed by atoms with Crippen molar-refractivity contribution >= 4 is 17.5 Å². The van der Waals surface area contributed by atoms with E-state index in [4.69, 9.17) is 17.3 Å². The zero-order valence-electron chi connectivity index (χ0n) is 10.8. The number of halogens is 1. The van der Waals surface area contributed by atoms with Crippen molar-refractivity contribution in [2.75, 3.05) is 6.54 Å². The molecule has 98 valence electrons. The van der Waals surface area contributed by atoms with Gasteiger partial charge in [-0.25, -0.2) is 0 Å². The van der Waals surface area contributed by atoms with Crippen LogP contribution in [0.2, 0.25) is 5.02 Å². The van der Waals surface area contributed by atoms with Gasteiger partial charge < -0.3 is 11.1 Å². The fourth-order valence-corrected chi connectivity index (χ4v) is 2.13. The zero-order valence-corrected chi connectivity index (χ0v) is 11.6. The summed E-state index contributed by atoms with van der Waals surface area (Å²) in [7, 11) is 0. The maximum Gasteiger partial charge on any atom is 0.239 e. The molecule has 1 aromatic rings. The van der Waals surface area contributed by atoms with Gasteiger partial charge in [0, 0.05) is 17.0 Å². The van der Waals surface area contributed by atoms with Crippen molar-refractivity contribution in [3.8, 4) is 0 Å². The second-order valence-corrected chi connectivity index (χ2v) is 6.13. The van der Waals surface area contributed by atoms with Crippen molar-refractivity contribution in [3.05, 3.63) is 34.9 Å². The molecule has 4 heteroatoms. The molecule has 18 heavy (non-hydrogen) atoms. The summed E-state index contributed by atoms with van der Waals surface area (Å²) < 4.78 is 0. The van der Waals surface area contributed by atoms with Crippen LogP contribution in [0.1, 0.15) is 32.3 Å². The van der Waals surface area contributed by atoms with Crippen LogP contribution in [0.3, 0.4) is 0 Å². The number of hydrogen-bond acceptors (Lipinski definition) is 2. The highest BCUT2D eigenvalue weighted by Gasteiger charge is 2.44. The first-order valence-electron chi connectivity index (χ1n) is 6.17. The van der Waals surface area contributed by atoms with E-state index in [2.05, 4.69) is 5.32 Å². The molecular weight excluding hydrogens is 248 g/mol. The lowest BCUT2D eigenvalue weighted by atomic mass is 9.95. The summed E-state index contributed by atoms with van der Waals surface area (Å²) in [6.07, 6.45) is 2.19. The third-order valence-electron chi connectivity index (χ3n) is 3.48. The number of rotatable bonds is 4. The van der Waals surface area contributed by atoms with Crippen LogP contribution in [0, 0.1) is 0 Å². The fourth-order valence-electron chi connectivity index (χ4n) is 2.00. The Hall–Kier alpha value is -1.06. The number of hydrogen-bond donors (Lipinski definition) is 2. The molecule has 1 fully saturated rings. The van der Waals surface area contributed by atoms with E-state index in [0.29, 0.717) is 6.54 Å². The Balaban J connectivity index is 2.01. The molecule has 3 N–H and O–H groups in total. The molecule has 0 aromatic heterocycles. The maximum atomic E-state index is 11.8. The molecule has 0 heterocycles. The molecule has 0 bridgehead atoms. The summed E-state index contributed by atoms with van der Waals surface area (Å²) >= 11 is 5.88. The standard InChI is InChI=1S/C14H19ClN2O/c1-13(2,16)12(18)17-9-14(7-8-14)10-3-5-11(15)6-4-10/h3-6H,7-9,16H2,1-2H3,(H,17,18). The summed E-state index contributed by atoms with van der Waals surface area (Å²) in [6, 6.07) is 7.86. The van der Waals surface area contributed by atoms with Gasteiger partial charge in [-0.15, -0.1) is 0 Å². The molecule has 1 saturated carbocycles. The summed E-state index contributed by atoms with van der Waals surface area (Å²) in [5.41, 5.74) is 6.26. The highest BCUT2D eigenvalue weighted by atomic mass is 35.5. The van der Waals surface area contributed by atoms with Crippen molar-refractivity contribution < 1.29 is 4.79 Å². The van der Waals surface area contributed by atoms with E-state index in [-0.39, 0.29) is 11.3 Å². The average Bonchev–Trinajstić information content (AvgIpc) is 3.06. The van der Waals surface area contributed by atoms with Crippen molar-refractivity contribution in [3.63, 3.8) is 0 Å². The fraction of sp³-hybridized carbons (Fsp3) is 0.500. The van der Waals surface area contributed by atoms with Crippen LogP contribution in [0.25, 0.3) is 0 Å². The summed E-state index contributed by atoms with van der Waals surface area (Å²) in [5.74, 6) is -0.109. The Morgan fingerprint density at radius 2 is 1.94 bits per heavy atom. The molecule has 0 spiro atoms. The van der Waals surface area contributed by atoms with E-state index < -0.39 is 5.54 Å². The van der Waals surface area contributed by atoms with E-state index in [1.54, 1.807) is 13.8 Å². The predicted octanol–water partition coefficient (Wildman–Crippen LogP) is 2.23. The Morgan fingerprint density at radius 3 is 2.39 bits per heavy atom. The molecule has 1 amide bonds. The molecule has 2 rings (SSSR count). The number of benzene rings is 1. The van der Waals surface area contributed by atoms with Gasteiger partial charge in [0.15, 0.2) is 0 Å². The van der Waals surface area contributed by atoms with Gasteiger partial charge in [-0.05, 0) is 44.4 Å². The van der Waals surface area contributed by atoms with E-state index in [0.717, 1.165) is 17.9 Å². The minimum absolute atomic E-state index is 0.0888. The third kappa shape index (κ3) is 2.85. The van der Waals surface area contributed by atoms with Crippen LogP contribution in [0.15, 0.2) is 24.3 Å². The lowest BCUT2D eigenvalue weighted by Crippen LogP contribution is -2.50. The van der Waals surface area contributed by atoms with Crippen LogP contribution in [0.5, 0.6) is 0 Å². The second-order valence-electron chi connectivity index (χ2n) is 5.69. The van der Waals surface area contributed by atoms with Crippen molar-refractivity contribution in [2.24, 2.45) is 5.73 Å². The quantitative estimate of drug-likeness (QED) is 0.878. The van der Waals surface area contributed by atoms with E-state index in [1.165, 1.54) is 5.56 Å². The number of nitrogens with two attached hydrogens (primary N) is 1. The first-order valence-corrected chi connectivity index (χ1v) is 6.55. The third-order valence-corrected chi connectivity index (χ3v) is 3.73. The molecular formula is C14H19ClN2O. The Bertz CT molecular complexity index is 444. The predicted molar refractivity (Wildman–Crippen MR) is 73.6 cm³/mol. The van der Waals surface area contributed by atoms with Gasteiger partial charge in [-0.2, -0.15) is 0 Å². The molecule has 3 nitrogen and oxygen atoms in total. The van der Waals surface area contributed by atoms with Gasteiger partial charge >= 0.3 is 0 Å². The van der Waals surface area contributed by atoms with Gasteiger partial charge in [-0.1, -0.05) is 23.7 Å². The van der Waals surface area contributed by atoms with Crippen LogP contribution in [0.4, 0.5) is 0 Å². The Kier molecular flexibility index (Phi) is 3.39. The first kappa shape index (κ1) is 13.4. The number of nitrogens with one attached hydrogen (secondary N) is 1. The summed E-state index contributed by atoms with van der Waals surface area (Å²) in [6.45, 7) is 4.07. The minimum Gasteiger partial charge on any atom is -0.354 e. The minimum atomic E-state index is -0.823. The molecule has 0 unspecified atom stereocenters. The van der Waals surface area contributed by atoms with Crippen LogP contribution in [-0.4, -0.2) is 18.0 Å². The summed E-state index contributed by atoms with van der Waals surface area (Å²) in [4.78, 5) is 11.8. The maximum absolute atomic E-state index is 11.8. The zero-order chi connectivity index (χ0) is 13.4.